The summed E-state index contributed by atoms with van der Waals surface area (Å²) in [7, 11) is -0.701. The fourth-order valence-corrected chi connectivity index (χ4v) is 3.11. The number of para-hydroxylation sites is 1. The van der Waals surface area contributed by atoms with Crippen LogP contribution in [0.3, 0.4) is 0 Å². The van der Waals surface area contributed by atoms with Crippen LogP contribution in [0.25, 0.3) is 0 Å². The van der Waals surface area contributed by atoms with Gasteiger partial charge in [-0.2, -0.15) is 0 Å². The monoisotopic (exact) mass is 239 g/mol. The van der Waals surface area contributed by atoms with Gasteiger partial charge in [-0.3, -0.25) is 4.21 Å². The Balaban J connectivity index is 2.21. The summed E-state index contributed by atoms with van der Waals surface area (Å²) in [5, 5.41) is 3.39. The molecule has 0 amide bonds. The fraction of sp³-hybridized carbons (Fsp3) is 0.500. The van der Waals surface area contributed by atoms with E-state index >= 15 is 0 Å². The third-order valence-corrected chi connectivity index (χ3v) is 4.03. The second kappa shape index (κ2) is 5.46. The quantitative estimate of drug-likeness (QED) is 0.868. The summed E-state index contributed by atoms with van der Waals surface area (Å²) in [4.78, 5) is 0. The molecule has 1 saturated heterocycles. The zero-order chi connectivity index (χ0) is 11.4. The summed E-state index contributed by atoms with van der Waals surface area (Å²) in [5.41, 5.74) is 1.12. The first kappa shape index (κ1) is 11.6. The molecule has 0 radical (unpaired) electrons. The normalized spacial score (nSPS) is 25.3. The Morgan fingerprint density at radius 2 is 2.31 bits per heavy atom. The predicted molar refractivity (Wildman–Crippen MR) is 66.2 cm³/mol. The Morgan fingerprint density at radius 1 is 1.50 bits per heavy atom. The van der Waals surface area contributed by atoms with Crippen LogP contribution in [0, 0.1) is 0 Å². The minimum absolute atomic E-state index is 0.164. The van der Waals surface area contributed by atoms with Gasteiger partial charge < -0.3 is 10.1 Å². The van der Waals surface area contributed by atoms with Gasteiger partial charge in [0.05, 0.1) is 6.61 Å². The zero-order valence-electron chi connectivity index (χ0n) is 9.44. The van der Waals surface area contributed by atoms with Crippen molar-refractivity contribution >= 4 is 10.8 Å². The summed E-state index contributed by atoms with van der Waals surface area (Å²) >= 11 is 0. The topological polar surface area (TPSA) is 38.3 Å². The number of benzene rings is 1. The zero-order valence-corrected chi connectivity index (χ0v) is 10.3. The van der Waals surface area contributed by atoms with Crippen LogP contribution in [-0.4, -0.2) is 28.9 Å². The summed E-state index contributed by atoms with van der Waals surface area (Å²) < 4.78 is 17.1. The molecule has 3 nitrogen and oxygen atoms in total. The molecule has 1 N–H and O–H groups in total. The number of hydrogen-bond acceptors (Lipinski definition) is 3. The van der Waals surface area contributed by atoms with E-state index in [4.69, 9.17) is 4.74 Å². The van der Waals surface area contributed by atoms with E-state index in [1.54, 1.807) is 0 Å². The lowest BCUT2D eigenvalue weighted by molar-refractivity contribution is 0.332. The molecule has 16 heavy (non-hydrogen) atoms. The minimum atomic E-state index is -0.701. The third-order valence-electron chi connectivity index (χ3n) is 2.67. The van der Waals surface area contributed by atoms with E-state index in [1.165, 1.54) is 0 Å². The number of nitrogens with one attached hydrogen (secondary N) is 1. The van der Waals surface area contributed by atoms with Crippen LogP contribution in [0.4, 0.5) is 0 Å². The van der Waals surface area contributed by atoms with Gasteiger partial charge in [0.25, 0.3) is 0 Å². The van der Waals surface area contributed by atoms with Crippen molar-refractivity contribution in [1.29, 1.82) is 0 Å². The van der Waals surface area contributed by atoms with Crippen LogP contribution in [0.15, 0.2) is 24.3 Å². The molecule has 1 fully saturated rings. The molecule has 1 aliphatic rings. The van der Waals surface area contributed by atoms with Gasteiger partial charge in [0.2, 0.25) is 0 Å². The molecule has 88 valence electrons. The molecular weight excluding hydrogens is 222 g/mol. The molecule has 4 heteroatoms. The van der Waals surface area contributed by atoms with Gasteiger partial charge in [-0.05, 0) is 13.0 Å². The molecular formula is C12H17NO2S. The smallest absolute Gasteiger partial charge is 0.124 e. The molecule has 1 aromatic carbocycles. The summed E-state index contributed by atoms with van der Waals surface area (Å²) in [6.07, 6.45) is 0. The van der Waals surface area contributed by atoms with Crippen molar-refractivity contribution in [2.24, 2.45) is 0 Å². The summed E-state index contributed by atoms with van der Waals surface area (Å²) in [6.45, 7) is 3.45. The van der Waals surface area contributed by atoms with Crippen molar-refractivity contribution in [3.63, 3.8) is 0 Å². The Hall–Kier alpha value is -0.870. The molecule has 2 unspecified atom stereocenters. The molecule has 2 atom stereocenters. The van der Waals surface area contributed by atoms with E-state index in [-0.39, 0.29) is 6.04 Å². The number of hydrogen-bond donors (Lipinski definition) is 1. The minimum Gasteiger partial charge on any atom is -0.494 e. The maximum Gasteiger partial charge on any atom is 0.124 e. The largest absolute Gasteiger partial charge is 0.494 e. The molecule has 1 aromatic rings. The predicted octanol–water partition coefficient (Wildman–Crippen LogP) is 1.48. The van der Waals surface area contributed by atoms with Crippen molar-refractivity contribution in [2.75, 3.05) is 24.7 Å². The molecule has 1 aliphatic heterocycles. The maximum absolute atomic E-state index is 11.5. The lowest BCUT2D eigenvalue weighted by Gasteiger charge is -2.25. The number of ether oxygens (including phenoxy) is 1. The van der Waals surface area contributed by atoms with Gasteiger partial charge in [0.15, 0.2) is 0 Å². The molecule has 1 heterocycles. The Bertz CT molecular complexity index is 381. The van der Waals surface area contributed by atoms with E-state index in [0.717, 1.165) is 23.6 Å². The van der Waals surface area contributed by atoms with Crippen LogP contribution in [0.1, 0.15) is 18.5 Å². The fourth-order valence-electron chi connectivity index (χ4n) is 1.93. The lowest BCUT2D eigenvalue weighted by Crippen LogP contribution is -2.36. The second-order valence-electron chi connectivity index (χ2n) is 3.79. The highest BCUT2D eigenvalue weighted by molar-refractivity contribution is 7.85. The first-order valence-electron chi connectivity index (χ1n) is 5.61. The van der Waals surface area contributed by atoms with Crippen LogP contribution in [-0.2, 0) is 10.8 Å². The van der Waals surface area contributed by atoms with E-state index in [9.17, 15) is 4.21 Å². The summed E-state index contributed by atoms with van der Waals surface area (Å²) in [5.74, 6) is 2.35. The van der Waals surface area contributed by atoms with Gasteiger partial charge in [-0.15, -0.1) is 0 Å². The van der Waals surface area contributed by atoms with Crippen molar-refractivity contribution in [2.45, 2.75) is 13.0 Å². The number of rotatable bonds is 3. The molecule has 0 saturated carbocycles. The van der Waals surface area contributed by atoms with Crippen LogP contribution < -0.4 is 10.1 Å². The first-order chi connectivity index (χ1) is 7.81. The van der Waals surface area contributed by atoms with Gasteiger partial charge in [-0.1, -0.05) is 18.2 Å². The van der Waals surface area contributed by atoms with Crippen molar-refractivity contribution < 1.29 is 8.95 Å². The van der Waals surface area contributed by atoms with Crippen LogP contribution in [0.2, 0.25) is 0 Å². The molecule has 0 aromatic heterocycles. The van der Waals surface area contributed by atoms with Gasteiger partial charge in [0, 0.05) is 40.5 Å². The van der Waals surface area contributed by atoms with Gasteiger partial charge in [-0.25, -0.2) is 0 Å². The maximum atomic E-state index is 11.5. The van der Waals surface area contributed by atoms with E-state index in [0.29, 0.717) is 12.4 Å². The SMILES string of the molecule is CCOc1ccccc1C1CS(=O)CCN1. The summed E-state index contributed by atoms with van der Waals surface area (Å²) in [6, 6.07) is 8.14. The highest BCUT2D eigenvalue weighted by Gasteiger charge is 2.21. The Labute approximate surface area is 98.7 Å². The highest BCUT2D eigenvalue weighted by Crippen LogP contribution is 2.26. The van der Waals surface area contributed by atoms with Gasteiger partial charge >= 0.3 is 0 Å². The van der Waals surface area contributed by atoms with Crippen molar-refractivity contribution in [1.82, 2.24) is 5.32 Å². The lowest BCUT2D eigenvalue weighted by atomic mass is 10.1. The molecule has 0 bridgehead atoms. The molecule has 2 rings (SSSR count). The van der Waals surface area contributed by atoms with Crippen LogP contribution in [0.5, 0.6) is 5.75 Å². The van der Waals surface area contributed by atoms with E-state index < -0.39 is 10.8 Å². The Morgan fingerprint density at radius 3 is 3.06 bits per heavy atom. The Kier molecular flexibility index (Phi) is 3.96. The molecule has 0 spiro atoms. The average Bonchev–Trinajstić information content (AvgIpc) is 2.30. The van der Waals surface area contributed by atoms with Crippen molar-refractivity contribution in [3.05, 3.63) is 29.8 Å². The van der Waals surface area contributed by atoms with Gasteiger partial charge in [0.1, 0.15) is 5.75 Å². The van der Waals surface area contributed by atoms with Crippen LogP contribution >= 0.6 is 0 Å². The average molecular weight is 239 g/mol. The van der Waals surface area contributed by atoms with E-state index in [1.807, 2.05) is 31.2 Å². The molecule has 0 aliphatic carbocycles. The van der Waals surface area contributed by atoms with E-state index in [2.05, 4.69) is 5.32 Å². The first-order valence-corrected chi connectivity index (χ1v) is 7.10. The van der Waals surface area contributed by atoms with Crippen molar-refractivity contribution in [3.8, 4) is 5.75 Å². The third kappa shape index (κ3) is 2.62. The highest BCUT2D eigenvalue weighted by atomic mass is 32.2. The standard InChI is InChI=1S/C12H17NO2S/c1-2-15-12-6-4-3-5-10(12)11-9-16(14)8-7-13-11/h3-6,11,13H,2,7-9H2,1H3. The second-order valence-corrected chi connectivity index (χ2v) is 5.41.